The fourth-order valence-corrected chi connectivity index (χ4v) is 4.00. The Balaban J connectivity index is 1.46. The summed E-state index contributed by atoms with van der Waals surface area (Å²) < 4.78 is 5.22. The van der Waals surface area contributed by atoms with Gasteiger partial charge in [-0.05, 0) is 48.1 Å². The van der Waals surface area contributed by atoms with Crippen LogP contribution >= 0.6 is 11.6 Å². The minimum Gasteiger partial charge on any atom is -0.459 e. The van der Waals surface area contributed by atoms with Gasteiger partial charge < -0.3 is 10.1 Å². The van der Waals surface area contributed by atoms with Gasteiger partial charge >= 0.3 is 12.0 Å². The Labute approximate surface area is 167 Å². The number of ether oxygens (including phenoxy) is 1. The molecule has 2 aromatic rings. The van der Waals surface area contributed by atoms with Crippen molar-refractivity contribution in [2.45, 2.75) is 31.4 Å². The van der Waals surface area contributed by atoms with Gasteiger partial charge in [0.05, 0.1) is 0 Å². The van der Waals surface area contributed by atoms with Crippen LogP contribution in [0.15, 0.2) is 48.5 Å². The summed E-state index contributed by atoms with van der Waals surface area (Å²) in [7, 11) is 0. The molecule has 0 bridgehead atoms. The number of carbonyl (C=O) groups excluding carboxylic acids is 3. The lowest BCUT2D eigenvalue weighted by Crippen LogP contribution is -2.46. The van der Waals surface area contributed by atoms with Gasteiger partial charge in [-0.1, -0.05) is 48.0 Å². The fourth-order valence-electron chi connectivity index (χ4n) is 3.87. The number of hydrogen-bond donors (Lipinski definition) is 1. The summed E-state index contributed by atoms with van der Waals surface area (Å²) in [5.74, 6) is -1.03. The van der Waals surface area contributed by atoms with Crippen LogP contribution in [0, 0.1) is 0 Å². The Kier molecular flexibility index (Phi) is 4.81. The zero-order valence-electron chi connectivity index (χ0n) is 15.1. The van der Waals surface area contributed by atoms with Gasteiger partial charge in [0.1, 0.15) is 18.7 Å². The molecule has 7 heteroatoms. The van der Waals surface area contributed by atoms with Crippen molar-refractivity contribution in [2.24, 2.45) is 0 Å². The third-order valence-electron chi connectivity index (χ3n) is 5.25. The molecule has 0 saturated carbocycles. The maximum atomic E-state index is 13.1. The quantitative estimate of drug-likeness (QED) is 0.634. The Hall–Kier alpha value is -2.86. The SMILES string of the molecule is O=C(CN1C(=O)N[C@]2(CCCc3ccccc32)C1=O)OCc1ccc(Cl)cc1. The second-order valence-electron chi connectivity index (χ2n) is 7.02. The first-order chi connectivity index (χ1) is 13.5. The Bertz CT molecular complexity index is 944. The van der Waals surface area contributed by atoms with Crippen LogP contribution in [-0.2, 0) is 32.9 Å². The lowest BCUT2D eigenvalue weighted by molar-refractivity contribution is -0.149. The molecule has 0 aromatic heterocycles. The molecule has 1 fully saturated rings. The Morgan fingerprint density at radius 2 is 1.89 bits per heavy atom. The van der Waals surface area contributed by atoms with Crippen LogP contribution in [0.3, 0.4) is 0 Å². The van der Waals surface area contributed by atoms with Gasteiger partial charge in [-0.25, -0.2) is 4.79 Å². The van der Waals surface area contributed by atoms with Gasteiger partial charge in [0.25, 0.3) is 5.91 Å². The molecule has 6 nitrogen and oxygen atoms in total. The van der Waals surface area contributed by atoms with E-state index in [1.165, 1.54) is 0 Å². The molecule has 144 valence electrons. The summed E-state index contributed by atoms with van der Waals surface area (Å²) in [6.45, 7) is -0.365. The molecule has 1 N–H and O–H groups in total. The van der Waals surface area contributed by atoms with E-state index in [1.54, 1.807) is 24.3 Å². The van der Waals surface area contributed by atoms with E-state index in [0.29, 0.717) is 11.4 Å². The Morgan fingerprint density at radius 3 is 2.68 bits per heavy atom. The number of halogens is 1. The summed E-state index contributed by atoms with van der Waals surface area (Å²) in [6.07, 6.45) is 2.17. The monoisotopic (exact) mass is 398 g/mol. The first kappa shape index (κ1) is 18.5. The molecule has 3 amide bonds. The largest absolute Gasteiger partial charge is 0.459 e. The molecule has 4 rings (SSSR count). The fraction of sp³-hybridized carbons (Fsp3) is 0.286. The van der Waals surface area contributed by atoms with Crippen molar-refractivity contribution in [1.82, 2.24) is 10.2 Å². The molecule has 1 spiro atoms. The van der Waals surface area contributed by atoms with Crippen molar-refractivity contribution in [3.05, 3.63) is 70.2 Å². The highest BCUT2D eigenvalue weighted by Gasteiger charge is 2.54. The number of esters is 1. The predicted molar refractivity (Wildman–Crippen MR) is 103 cm³/mol. The molecule has 1 heterocycles. The van der Waals surface area contributed by atoms with E-state index >= 15 is 0 Å². The first-order valence-corrected chi connectivity index (χ1v) is 9.50. The molecule has 2 aromatic carbocycles. The van der Waals surface area contributed by atoms with Crippen LogP contribution in [0.5, 0.6) is 0 Å². The van der Waals surface area contributed by atoms with Crippen LogP contribution < -0.4 is 5.32 Å². The highest BCUT2D eigenvalue weighted by atomic mass is 35.5. The number of rotatable bonds is 4. The minimum atomic E-state index is -1.08. The van der Waals surface area contributed by atoms with Crippen molar-refractivity contribution in [3.8, 4) is 0 Å². The van der Waals surface area contributed by atoms with E-state index in [4.69, 9.17) is 16.3 Å². The maximum absolute atomic E-state index is 13.1. The van der Waals surface area contributed by atoms with E-state index < -0.39 is 30.0 Å². The van der Waals surface area contributed by atoms with Gasteiger partial charge in [0, 0.05) is 5.02 Å². The van der Waals surface area contributed by atoms with Crippen LogP contribution in [0.1, 0.15) is 29.5 Å². The van der Waals surface area contributed by atoms with E-state index in [9.17, 15) is 14.4 Å². The first-order valence-electron chi connectivity index (χ1n) is 9.12. The lowest BCUT2D eigenvalue weighted by atomic mass is 9.76. The summed E-state index contributed by atoms with van der Waals surface area (Å²) in [5, 5.41) is 3.42. The van der Waals surface area contributed by atoms with Crippen LogP contribution in [-0.4, -0.2) is 29.4 Å². The second-order valence-corrected chi connectivity index (χ2v) is 7.46. The van der Waals surface area contributed by atoms with Crippen LogP contribution in [0.2, 0.25) is 5.02 Å². The van der Waals surface area contributed by atoms with Gasteiger partial charge in [-0.15, -0.1) is 0 Å². The highest BCUT2D eigenvalue weighted by molar-refractivity contribution is 6.30. The maximum Gasteiger partial charge on any atom is 0.326 e. The van der Waals surface area contributed by atoms with E-state index in [-0.39, 0.29) is 6.61 Å². The van der Waals surface area contributed by atoms with Crippen LogP contribution in [0.4, 0.5) is 4.79 Å². The van der Waals surface area contributed by atoms with Gasteiger partial charge in [0.15, 0.2) is 0 Å². The van der Waals surface area contributed by atoms with Crippen molar-refractivity contribution < 1.29 is 19.1 Å². The summed E-state index contributed by atoms with van der Waals surface area (Å²) in [5.41, 5.74) is 1.56. The number of aryl methyl sites for hydroxylation is 1. The number of hydrogen-bond acceptors (Lipinski definition) is 4. The highest BCUT2D eigenvalue weighted by Crippen LogP contribution is 2.39. The molecule has 0 radical (unpaired) electrons. The summed E-state index contributed by atoms with van der Waals surface area (Å²) >= 11 is 5.83. The van der Waals surface area contributed by atoms with Crippen molar-refractivity contribution in [3.63, 3.8) is 0 Å². The molecule has 1 aliphatic heterocycles. The molecule has 1 aliphatic carbocycles. The number of nitrogens with one attached hydrogen (secondary N) is 1. The Morgan fingerprint density at radius 1 is 1.14 bits per heavy atom. The van der Waals surface area contributed by atoms with E-state index in [1.807, 2.05) is 24.3 Å². The van der Waals surface area contributed by atoms with Gasteiger partial charge in [-0.2, -0.15) is 0 Å². The molecule has 2 aliphatic rings. The van der Waals surface area contributed by atoms with Gasteiger partial charge in [-0.3, -0.25) is 14.5 Å². The number of benzene rings is 2. The average Bonchev–Trinajstić information content (AvgIpc) is 2.93. The average molecular weight is 399 g/mol. The number of amides is 3. The second kappa shape index (κ2) is 7.28. The topological polar surface area (TPSA) is 75.7 Å². The molecule has 0 unspecified atom stereocenters. The third-order valence-corrected chi connectivity index (χ3v) is 5.50. The number of carbonyl (C=O) groups is 3. The normalized spacial score (nSPS) is 20.8. The molecular formula is C21H19ClN2O4. The lowest BCUT2D eigenvalue weighted by Gasteiger charge is -2.33. The number of urea groups is 1. The molecule has 28 heavy (non-hydrogen) atoms. The number of fused-ring (bicyclic) bond motifs is 2. The predicted octanol–water partition coefficient (Wildman–Crippen LogP) is 3.17. The zero-order chi connectivity index (χ0) is 19.7. The van der Waals surface area contributed by atoms with E-state index in [0.717, 1.165) is 34.4 Å². The number of imide groups is 1. The zero-order valence-corrected chi connectivity index (χ0v) is 15.9. The van der Waals surface area contributed by atoms with Gasteiger partial charge in [0.2, 0.25) is 0 Å². The minimum absolute atomic E-state index is 0.0492. The third kappa shape index (κ3) is 3.24. The van der Waals surface area contributed by atoms with Crippen molar-refractivity contribution in [2.75, 3.05) is 6.54 Å². The summed E-state index contributed by atoms with van der Waals surface area (Å²) in [6, 6.07) is 13.9. The van der Waals surface area contributed by atoms with Crippen LogP contribution in [0.25, 0.3) is 0 Å². The van der Waals surface area contributed by atoms with Crippen molar-refractivity contribution >= 4 is 29.5 Å². The summed E-state index contributed by atoms with van der Waals surface area (Å²) in [4.78, 5) is 38.8. The smallest absolute Gasteiger partial charge is 0.326 e. The number of nitrogens with zero attached hydrogens (tertiary/aromatic N) is 1. The standard InChI is InChI=1S/C21H19ClN2O4/c22-16-9-7-14(8-10-16)13-28-18(25)12-24-19(26)21(23-20(24)27)11-3-5-15-4-1-2-6-17(15)21/h1-2,4,6-10H,3,5,11-13H2,(H,23,27)/t21-/m0/s1. The molecule has 1 atom stereocenters. The molecule has 1 saturated heterocycles. The van der Waals surface area contributed by atoms with Crippen molar-refractivity contribution in [1.29, 1.82) is 0 Å². The van der Waals surface area contributed by atoms with E-state index in [2.05, 4.69) is 5.32 Å². The molecular weight excluding hydrogens is 380 g/mol.